The maximum Gasteiger partial charge on any atom is 0.358 e. The van der Waals surface area contributed by atoms with E-state index in [4.69, 9.17) is 4.74 Å². The van der Waals surface area contributed by atoms with Crippen LogP contribution in [-0.2, 0) is 11.3 Å². The molecule has 2 N–H and O–H groups in total. The molecule has 0 unspecified atom stereocenters. The molecule has 7 nitrogen and oxygen atoms in total. The largest absolute Gasteiger partial charge is 0.461 e. The number of nitrogens with zero attached hydrogens (tertiary/aromatic N) is 2. The summed E-state index contributed by atoms with van der Waals surface area (Å²) in [6, 6.07) is 14.1. The summed E-state index contributed by atoms with van der Waals surface area (Å²) in [6.07, 6.45) is 1.63. The molecule has 2 aromatic carbocycles. The van der Waals surface area contributed by atoms with Crippen LogP contribution in [0.4, 0.5) is 14.9 Å². The highest BCUT2D eigenvalue weighted by Gasteiger charge is 2.11. The van der Waals surface area contributed by atoms with Crippen molar-refractivity contribution in [2.45, 2.75) is 13.5 Å². The molecule has 0 saturated heterocycles. The first-order valence-electron chi connectivity index (χ1n) is 8.67. The highest BCUT2D eigenvalue weighted by molar-refractivity contribution is 5.89. The van der Waals surface area contributed by atoms with Gasteiger partial charge in [-0.15, -0.1) is 0 Å². The van der Waals surface area contributed by atoms with Gasteiger partial charge < -0.3 is 15.4 Å². The van der Waals surface area contributed by atoms with Crippen LogP contribution in [0.15, 0.2) is 60.8 Å². The topological polar surface area (TPSA) is 85.2 Å². The van der Waals surface area contributed by atoms with Crippen LogP contribution in [0, 0.1) is 5.82 Å². The zero-order valence-corrected chi connectivity index (χ0v) is 15.2. The second kappa shape index (κ2) is 8.81. The van der Waals surface area contributed by atoms with E-state index in [2.05, 4.69) is 15.7 Å². The van der Waals surface area contributed by atoms with E-state index < -0.39 is 12.0 Å². The molecule has 0 saturated carbocycles. The predicted octanol–water partition coefficient (Wildman–Crippen LogP) is 3.51. The van der Waals surface area contributed by atoms with Crippen LogP contribution in [-0.4, -0.2) is 28.4 Å². The molecule has 0 fully saturated rings. The molecule has 0 aliphatic rings. The number of aromatic nitrogens is 2. The number of carbonyl (C=O) groups excluding carboxylic acids is 2. The first-order chi connectivity index (χ1) is 13.5. The third kappa shape index (κ3) is 4.94. The number of ether oxygens (including phenoxy) is 1. The van der Waals surface area contributed by atoms with Crippen molar-refractivity contribution in [1.82, 2.24) is 15.1 Å². The highest BCUT2D eigenvalue weighted by atomic mass is 19.1. The van der Waals surface area contributed by atoms with Gasteiger partial charge >= 0.3 is 12.0 Å². The monoisotopic (exact) mass is 382 g/mol. The summed E-state index contributed by atoms with van der Waals surface area (Å²) in [4.78, 5) is 23.8. The fourth-order valence-corrected chi connectivity index (χ4v) is 2.51. The van der Waals surface area contributed by atoms with Gasteiger partial charge in [-0.2, -0.15) is 5.10 Å². The van der Waals surface area contributed by atoms with Crippen molar-refractivity contribution in [2.24, 2.45) is 0 Å². The van der Waals surface area contributed by atoms with Gasteiger partial charge in [0.25, 0.3) is 0 Å². The Balaban J connectivity index is 1.63. The lowest BCUT2D eigenvalue weighted by atomic mass is 10.2. The van der Waals surface area contributed by atoms with Gasteiger partial charge in [0.05, 0.1) is 12.3 Å². The minimum Gasteiger partial charge on any atom is -0.461 e. The molecular formula is C20H19FN4O3. The van der Waals surface area contributed by atoms with Crippen LogP contribution < -0.4 is 10.6 Å². The van der Waals surface area contributed by atoms with E-state index in [1.165, 1.54) is 16.8 Å². The average molecular weight is 382 g/mol. The molecule has 8 heteroatoms. The first-order valence-corrected chi connectivity index (χ1v) is 8.67. The summed E-state index contributed by atoms with van der Waals surface area (Å²) >= 11 is 0. The van der Waals surface area contributed by atoms with Crippen molar-refractivity contribution in [3.8, 4) is 5.69 Å². The molecular weight excluding hydrogens is 363 g/mol. The lowest BCUT2D eigenvalue weighted by molar-refractivity contribution is 0.0519. The Morgan fingerprint density at radius 3 is 2.75 bits per heavy atom. The van der Waals surface area contributed by atoms with Gasteiger partial charge in [0.15, 0.2) is 5.69 Å². The van der Waals surface area contributed by atoms with Crippen LogP contribution in [0.2, 0.25) is 0 Å². The Morgan fingerprint density at radius 2 is 1.96 bits per heavy atom. The van der Waals surface area contributed by atoms with Gasteiger partial charge in [-0.3, -0.25) is 0 Å². The van der Waals surface area contributed by atoms with Crippen molar-refractivity contribution in [2.75, 3.05) is 11.9 Å². The van der Waals surface area contributed by atoms with E-state index in [0.717, 1.165) is 0 Å². The second-order valence-corrected chi connectivity index (χ2v) is 5.85. The first kappa shape index (κ1) is 19.1. The summed E-state index contributed by atoms with van der Waals surface area (Å²) in [5.41, 5.74) is 2.07. The van der Waals surface area contributed by atoms with Crippen molar-refractivity contribution < 1.29 is 18.7 Å². The number of esters is 1. The summed E-state index contributed by atoms with van der Waals surface area (Å²) in [5.74, 6) is -0.846. The molecule has 0 aliphatic carbocycles. The number of rotatable bonds is 6. The van der Waals surface area contributed by atoms with Crippen molar-refractivity contribution in [3.05, 3.63) is 77.9 Å². The number of nitrogens with one attached hydrogen (secondary N) is 2. The van der Waals surface area contributed by atoms with Crippen molar-refractivity contribution in [1.29, 1.82) is 0 Å². The van der Waals surface area contributed by atoms with Gasteiger partial charge in [0, 0.05) is 18.4 Å². The summed E-state index contributed by atoms with van der Waals surface area (Å²) in [6.45, 7) is 2.20. The predicted molar refractivity (Wildman–Crippen MR) is 102 cm³/mol. The van der Waals surface area contributed by atoms with Crippen LogP contribution in [0.5, 0.6) is 0 Å². The number of hydrogen-bond donors (Lipinski definition) is 2. The third-order valence-electron chi connectivity index (χ3n) is 3.78. The Kier molecular flexibility index (Phi) is 6.01. The lowest BCUT2D eigenvalue weighted by Gasteiger charge is -2.09. The van der Waals surface area contributed by atoms with Gasteiger partial charge in [-0.25, -0.2) is 18.7 Å². The Morgan fingerprint density at radius 1 is 1.14 bits per heavy atom. The number of carbonyl (C=O) groups is 2. The Hall–Kier alpha value is -3.68. The lowest BCUT2D eigenvalue weighted by Crippen LogP contribution is -2.28. The van der Waals surface area contributed by atoms with Crippen molar-refractivity contribution >= 4 is 17.7 Å². The standard InChI is InChI=1S/C20H19FN4O3/c1-2-28-19(26)18-9-10-25(24-18)17-8-4-7-16(12-17)23-20(27)22-13-14-5-3-6-15(21)11-14/h3-12H,2,13H2,1H3,(H2,22,23,27). The zero-order valence-electron chi connectivity index (χ0n) is 15.2. The molecule has 3 rings (SSSR count). The van der Waals surface area contributed by atoms with Crippen molar-refractivity contribution in [3.63, 3.8) is 0 Å². The Bertz CT molecular complexity index is 987. The van der Waals surface area contributed by atoms with Crippen LogP contribution >= 0.6 is 0 Å². The summed E-state index contributed by atoms with van der Waals surface area (Å²) in [5, 5.41) is 9.56. The van der Waals surface area contributed by atoms with E-state index in [1.807, 2.05) is 0 Å². The number of anilines is 1. The molecule has 144 valence electrons. The van der Waals surface area contributed by atoms with Crippen LogP contribution in [0.25, 0.3) is 5.69 Å². The molecule has 3 aromatic rings. The molecule has 0 radical (unpaired) electrons. The molecule has 0 spiro atoms. The number of benzene rings is 2. The van der Waals surface area contributed by atoms with E-state index >= 15 is 0 Å². The quantitative estimate of drug-likeness (QED) is 0.639. The number of hydrogen-bond acceptors (Lipinski definition) is 4. The molecule has 1 aromatic heterocycles. The van der Waals surface area contributed by atoms with Gasteiger partial charge in [0.1, 0.15) is 5.82 Å². The minimum atomic E-state index is -0.493. The SMILES string of the molecule is CCOC(=O)c1ccn(-c2cccc(NC(=O)NCc3cccc(F)c3)c2)n1. The molecule has 0 aliphatic heterocycles. The fraction of sp³-hybridized carbons (Fsp3) is 0.150. The van der Waals surface area contributed by atoms with E-state index in [-0.39, 0.29) is 24.7 Å². The van der Waals surface area contributed by atoms with E-state index in [9.17, 15) is 14.0 Å². The number of halogens is 1. The number of amides is 2. The van der Waals surface area contributed by atoms with Gasteiger partial charge in [-0.1, -0.05) is 18.2 Å². The molecule has 1 heterocycles. The van der Waals surface area contributed by atoms with E-state index in [1.54, 1.807) is 55.6 Å². The molecule has 0 bridgehead atoms. The molecule has 0 atom stereocenters. The smallest absolute Gasteiger partial charge is 0.358 e. The average Bonchev–Trinajstić information content (AvgIpc) is 3.17. The van der Waals surface area contributed by atoms with E-state index in [0.29, 0.717) is 16.9 Å². The molecule has 28 heavy (non-hydrogen) atoms. The maximum absolute atomic E-state index is 13.2. The minimum absolute atomic E-state index is 0.200. The normalized spacial score (nSPS) is 10.4. The van der Waals surface area contributed by atoms with Crippen LogP contribution in [0.1, 0.15) is 23.0 Å². The fourth-order valence-electron chi connectivity index (χ4n) is 2.51. The third-order valence-corrected chi connectivity index (χ3v) is 3.78. The number of urea groups is 1. The molecule has 2 amide bonds. The van der Waals surface area contributed by atoms with Crippen LogP contribution in [0.3, 0.4) is 0 Å². The second-order valence-electron chi connectivity index (χ2n) is 5.85. The summed E-state index contributed by atoms with van der Waals surface area (Å²) < 4.78 is 19.6. The van der Waals surface area contributed by atoms with Gasteiger partial charge in [-0.05, 0) is 48.9 Å². The maximum atomic E-state index is 13.2. The highest BCUT2D eigenvalue weighted by Crippen LogP contribution is 2.15. The van der Waals surface area contributed by atoms with Gasteiger partial charge in [0.2, 0.25) is 0 Å². The zero-order chi connectivity index (χ0) is 19.9. The summed E-state index contributed by atoms with van der Waals surface area (Å²) in [7, 11) is 0. The Labute approximate surface area is 161 Å².